The topological polar surface area (TPSA) is 84.2 Å². The van der Waals surface area contributed by atoms with Gasteiger partial charge in [0.2, 0.25) is 5.91 Å². The van der Waals surface area contributed by atoms with Gasteiger partial charge in [-0.3, -0.25) is 9.59 Å². The van der Waals surface area contributed by atoms with Gasteiger partial charge < -0.3 is 15.0 Å². The Morgan fingerprint density at radius 3 is 2.82 bits per heavy atom. The molecule has 0 radical (unpaired) electrons. The van der Waals surface area contributed by atoms with E-state index in [-0.39, 0.29) is 17.4 Å². The summed E-state index contributed by atoms with van der Waals surface area (Å²) in [5.41, 5.74) is 2.08. The monoisotopic (exact) mass is 321 g/mol. The Morgan fingerprint density at radius 2 is 2.09 bits per heavy atom. The number of amides is 1. The molecule has 0 aliphatic heterocycles. The van der Waals surface area contributed by atoms with Crippen molar-refractivity contribution in [3.05, 3.63) is 30.1 Å². The minimum absolute atomic E-state index is 0.0483. The number of hydrogen-bond donors (Lipinski definition) is 2. The molecule has 0 saturated heterocycles. The number of fused-ring (bicyclic) bond motifs is 1. The van der Waals surface area contributed by atoms with E-state index < -0.39 is 5.97 Å². The van der Waals surface area contributed by atoms with Crippen molar-refractivity contribution in [2.45, 2.75) is 12.8 Å². The molecule has 0 atom stereocenters. The lowest BCUT2D eigenvalue weighted by atomic mass is 10.3. The zero-order chi connectivity index (χ0) is 15.9. The summed E-state index contributed by atoms with van der Waals surface area (Å²) < 4.78 is 2.07. The molecule has 118 valence electrons. The van der Waals surface area contributed by atoms with Crippen LogP contribution in [0.25, 0.3) is 11.0 Å². The SMILES string of the molecule is Cn1c(CCCNC(=O)CSCC(=O)O)nc2ccccc21. The zero-order valence-corrected chi connectivity index (χ0v) is 13.2. The van der Waals surface area contributed by atoms with Crippen molar-refractivity contribution < 1.29 is 14.7 Å². The Morgan fingerprint density at radius 1 is 1.32 bits per heavy atom. The van der Waals surface area contributed by atoms with E-state index in [1.807, 2.05) is 31.3 Å². The molecular weight excluding hydrogens is 302 g/mol. The molecule has 7 heteroatoms. The number of carboxylic acids is 1. The van der Waals surface area contributed by atoms with E-state index in [0.29, 0.717) is 6.54 Å². The number of aryl methyl sites for hydroxylation is 2. The number of carbonyl (C=O) groups is 2. The molecule has 1 aromatic carbocycles. The van der Waals surface area contributed by atoms with E-state index >= 15 is 0 Å². The molecule has 0 saturated carbocycles. The van der Waals surface area contributed by atoms with Crippen molar-refractivity contribution in [3.63, 3.8) is 0 Å². The van der Waals surface area contributed by atoms with Crippen LogP contribution in [-0.4, -0.2) is 44.6 Å². The number of carboxylic acid groups (broad SMARTS) is 1. The smallest absolute Gasteiger partial charge is 0.313 e. The predicted molar refractivity (Wildman–Crippen MR) is 87.0 cm³/mol. The average Bonchev–Trinajstić information content (AvgIpc) is 2.80. The molecular formula is C15H19N3O3S. The molecule has 0 spiro atoms. The predicted octanol–water partition coefficient (Wildman–Crippen LogP) is 1.44. The summed E-state index contributed by atoms with van der Waals surface area (Å²) in [7, 11) is 1.99. The van der Waals surface area contributed by atoms with Crippen LogP contribution in [0.5, 0.6) is 0 Å². The first-order chi connectivity index (χ1) is 10.6. The highest BCUT2D eigenvalue weighted by Gasteiger charge is 2.07. The second-order valence-corrected chi connectivity index (χ2v) is 5.90. The van der Waals surface area contributed by atoms with E-state index in [2.05, 4.69) is 14.9 Å². The molecule has 0 aliphatic carbocycles. The third-order valence-electron chi connectivity index (χ3n) is 3.24. The highest BCUT2D eigenvalue weighted by Crippen LogP contribution is 2.14. The lowest BCUT2D eigenvalue weighted by molar-refractivity contribution is -0.133. The van der Waals surface area contributed by atoms with Gasteiger partial charge in [-0.05, 0) is 18.6 Å². The molecule has 2 rings (SSSR count). The van der Waals surface area contributed by atoms with Gasteiger partial charge in [-0.25, -0.2) is 4.98 Å². The summed E-state index contributed by atoms with van der Waals surface area (Å²) in [6, 6.07) is 7.98. The highest BCUT2D eigenvalue weighted by molar-refractivity contribution is 8.00. The van der Waals surface area contributed by atoms with Gasteiger partial charge in [-0.15, -0.1) is 11.8 Å². The summed E-state index contributed by atoms with van der Waals surface area (Å²) in [5, 5.41) is 11.3. The number of nitrogens with one attached hydrogen (secondary N) is 1. The quantitative estimate of drug-likeness (QED) is 0.719. The van der Waals surface area contributed by atoms with Crippen LogP contribution in [0.2, 0.25) is 0 Å². The first-order valence-electron chi connectivity index (χ1n) is 7.04. The number of thioether (sulfide) groups is 1. The fraction of sp³-hybridized carbons (Fsp3) is 0.400. The number of para-hydroxylation sites is 2. The van der Waals surface area contributed by atoms with Gasteiger partial charge >= 0.3 is 5.97 Å². The maximum atomic E-state index is 11.5. The molecule has 0 unspecified atom stereocenters. The molecule has 1 aromatic heterocycles. The molecule has 6 nitrogen and oxygen atoms in total. The van der Waals surface area contributed by atoms with E-state index in [4.69, 9.17) is 5.11 Å². The standard InChI is InChI=1S/C15H19N3O3S/c1-18-12-6-3-2-5-11(12)17-13(18)7-4-8-16-14(19)9-22-10-15(20)21/h2-3,5-6H,4,7-10H2,1H3,(H,16,19)(H,20,21). The maximum Gasteiger partial charge on any atom is 0.313 e. The van der Waals surface area contributed by atoms with Crippen molar-refractivity contribution >= 4 is 34.7 Å². The first kappa shape index (κ1) is 16.4. The summed E-state index contributed by atoms with van der Waals surface area (Å²) >= 11 is 1.10. The van der Waals surface area contributed by atoms with E-state index in [0.717, 1.165) is 41.5 Å². The average molecular weight is 321 g/mol. The van der Waals surface area contributed by atoms with E-state index in [9.17, 15) is 9.59 Å². The third kappa shape index (κ3) is 4.49. The van der Waals surface area contributed by atoms with Crippen LogP contribution in [0.4, 0.5) is 0 Å². The number of aromatic nitrogens is 2. The number of rotatable bonds is 8. The number of aliphatic carboxylic acids is 1. The van der Waals surface area contributed by atoms with Gasteiger partial charge in [-0.2, -0.15) is 0 Å². The summed E-state index contributed by atoms with van der Waals surface area (Å²) in [6.45, 7) is 0.565. The fourth-order valence-corrected chi connectivity index (χ4v) is 2.74. The Balaban J connectivity index is 1.73. The van der Waals surface area contributed by atoms with Crippen LogP contribution in [0.3, 0.4) is 0 Å². The van der Waals surface area contributed by atoms with Crippen LogP contribution in [0.1, 0.15) is 12.2 Å². The van der Waals surface area contributed by atoms with Crippen molar-refractivity contribution in [2.24, 2.45) is 7.05 Å². The zero-order valence-electron chi connectivity index (χ0n) is 12.4. The van der Waals surface area contributed by atoms with Gasteiger partial charge in [0, 0.05) is 20.0 Å². The third-order valence-corrected chi connectivity index (χ3v) is 4.16. The van der Waals surface area contributed by atoms with Gasteiger partial charge in [0.1, 0.15) is 5.82 Å². The fourth-order valence-electron chi connectivity index (χ4n) is 2.18. The number of carbonyl (C=O) groups excluding carboxylic acids is 1. The Labute approximate surface area is 132 Å². The minimum Gasteiger partial charge on any atom is -0.481 e. The van der Waals surface area contributed by atoms with Gasteiger partial charge in [0.25, 0.3) is 0 Å². The van der Waals surface area contributed by atoms with Gasteiger partial charge in [-0.1, -0.05) is 12.1 Å². The molecule has 0 fully saturated rings. The van der Waals surface area contributed by atoms with Crippen molar-refractivity contribution in [2.75, 3.05) is 18.1 Å². The number of imidazole rings is 1. The Hall–Kier alpha value is -2.02. The number of nitrogens with zero attached hydrogens (tertiary/aromatic N) is 2. The second kappa shape index (κ2) is 7.84. The lowest BCUT2D eigenvalue weighted by Crippen LogP contribution is -2.27. The van der Waals surface area contributed by atoms with Crippen molar-refractivity contribution in [1.29, 1.82) is 0 Å². The molecule has 1 heterocycles. The van der Waals surface area contributed by atoms with Crippen LogP contribution >= 0.6 is 11.8 Å². The van der Waals surface area contributed by atoms with Crippen LogP contribution in [-0.2, 0) is 23.1 Å². The summed E-state index contributed by atoms with van der Waals surface area (Å²) in [4.78, 5) is 26.4. The largest absolute Gasteiger partial charge is 0.481 e. The van der Waals surface area contributed by atoms with Gasteiger partial charge in [0.05, 0.1) is 22.5 Å². The van der Waals surface area contributed by atoms with E-state index in [1.54, 1.807) is 0 Å². The molecule has 1 amide bonds. The summed E-state index contributed by atoms with van der Waals surface area (Å²) in [6.07, 6.45) is 1.58. The minimum atomic E-state index is -0.903. The van der Waals surface area contributed by atoms with Crippen molar-refractivity contribution in [1.82, 2.24) is 14.9 Å². The second-order valence-electron chi connectivity index (χ2n) is 4.92. The Bertz CT molecular complexity index is 669. The van der Waals surface area contributed by atoms with Gasteiger partial charge in [0.15, 0.2) is 0 Å². The highest BCUT2D eigenvalue weighted by atomic mass is 32.2. The number of benzene rings is 1. The summed E-state index contributed by atoms with van der Waals surface area (Å²) in [5.74, 6) is 0.0953. The lowest BCUT2D eigenvalue weighted by Gasteiger charge is -2.05. The Kier molecular flexibility index (Phi) is 5.83. The molecule has 2 aromatic rings. The van der Waals surface area contributed by atoms with E-state index in [1.165, 1.54) is 0 Å². The maximum absolute atomic E-state index is 11.5. The van der Waals surface area contributed by atoms with Crippen LogP contribution < -0.4 is 5.32 Å². The van der Waals surface area contributed by atoms with Crippen LogP contribution in [0.15, 0.2) is 24.3 Å². The first-order valence-corrected chi connectivity index (χ1v) is 8.20. The molecule has 22 heavy (non-hydrogen) atoms. The van der Waals surface area contributed by atoms with Crippen LogP contribution in [0, 0.1) is 0 Å². The molecule has 2 N–H and O–H groups in total. The normalized spacial score (nSPS) is 10.8. The molecule has 0 bridgehead atoms. The molecule has 0 aliphatic rings. The number of hydrogen-bond acceptors (Lipinski definition) is 4. The van der Waals surface area contributed by atoms with Crippen molar-refractivity contribution in [3.8, 4) is 0 Å².